The van der Waals surface area contributed by atoms with Crippen molar-refractivity contribution in [1.82, 2.24) is 0 Å². The predicted octanol–water partition coefficient (Wildman–Crippen LogP) is 3.71. The molecule has 0 radical (unpaired) electrons. The molecule has 0 heterocycles. The fourth-order valence-electron chi connectivity index (χ4n) is 0.695. The van der Waals surface area contributed by atoms with E-state index in [0.717, 1.165) is 11.5 Å². The highest BCUT2D eigenvalue weighted by atomic mass is 35.5. The van der Waals surface area contributed by atoms with Gasteiger partial charge < -0.3 is 0 Å². The van der Waals surface area contributed by atoms with Crippen molar-refractivity contribution < 1.29 is 0 Å². The highest BCUT2D eigenvalue weighted by Crippen LogP contribution is 2.05. The van der Waals surface area contributed by atoms with Crippen LogP contribution in [0.25, 0.3) is 0 Å². The fourth-order valence-corrected chi connectivity index (χ4v) is 0.804. The third-order valence-electron chi connectivity index (χ3n) is 1.23. The normalized spacial score (nSPS) is 12.1. The largest absolute Gasteiger partial charge is 0.0898 e. The van der Waals surface area contributed by atoms with Crippen molar-refractivity contribution in [3.8, 4) is 0 Å². The van der Waals surface area contributed by atoms with Crippen molar-refractivity contribution in [3.05, 3.63) is 11.1 Å². The number of allylic oxidation sites excluding steroid dienone is 2. The SMILES string of the molecule is CCCCC/C=C(/C)Cl. The average Bonchev–Trinajstić information content (AvgIpc) is 1.80. The Bertz CT molecular complexity index is 80.6. The molecular weight excluding hydrogens is 132 g/mol. The molecule has 9 heavy (non-hydrogen) atoms. The minimum Gasteiger partial charge on any atom is -0.0898 e. The van der Waals surface area contributed by atoms with Gasteiger partial charge in [0.2, 0.25) is 0 Å². The molecular formula is C8H15Cl. The van der Waals surface area contributed by atoms with E-state index in [2.05, 4.69) is 13.0 Å². The summed E-state index contributed by atoms with van der Waals surface area (Å²) in [7, 11) is 0. The van der Waals surface area contributed by atoms with Gasteiger partial charge in [-0.25, -0.2) is 0 Å². The van der Waals surface area contributed by atoms with Crippen LogP contribution in [0.15, 0.2) is 11.1 Å². The van der Waals surface area contributed by atoms with Crippen molar-refractivity contribution in [2.75, 3.05) is 0 Å². The summed E-state index contributed by atoms with van der Waals surface area (Å²) in [5, 5.41) is 0.922. The lowest BCUT2D eigenvalue weighted by molar-refractivity contribution is 0.728. The molecule has 0 nitrogen and oxygen atoms in total. The molecule has 0 unspecified atom stereocenters. The van der Waals surface area contributed by atoms with Gasteiger partial charge in [0, 0.05) is 5.03 Å². The lowest BCUT2D eigenvalue weighted by Crippen LogP contribution is -1.70. The van der Waals surface area contributed by atoms with Crippen molar-refractivity contribution >= 4 is 11.6 Å². The second-order valence-corrected chi connectivity index (χ2v) is 2.88. The highest BCUT2D eigenvalue weighted by Gasteiger charge is 1.82. The Morgan fingerprint density at radius 1 is 1.44 bits per heavy atom. The lowest BCUT2D eigenvalue weighted by Gasteiger charge is -1.91. The quantitative estimate of drug-likeness (QED) is 0.531. The summed E-state index contributed by atoms with van der Waals surface area (Å²) in [4.78, 5) is 0. The highest BCUT2D eigenvalue weighted by molar-refractivity contribution is 6.29. The monoisotopic (exact) mass is 146 g/mol. The second kappa shape index (κ2) is 6.15. The van der Waals surface area contributed by atoms with Crippen LogP contribution in [0, 0.1) is 0 Å². The van der Waals surface area contributed by atoms with Crippen LogP contribution in [0.2, 0.25) is 0 Å². The van der Waals surface area contributed by atoms with E-state index in [9.17, 15) is 0 Å². The van der Waals surface area contributed by atoms with Crippen LogP contribution in [0.1, 0.15) is 39.5 Å². The fraction of sp³-hybridized carbons (Fsp3) is 0.750. The molecule has 0 aromatic carbocycles. The average molecular weight is 147 g/mol. The standard InChI is InChI=1S/C8H15Cl/c1-3-4-5-6-7-8(2)9/h7H,3-6H2,1-2H3/b8-7-. The van der Waals surface area contributed by atoms with Gasteiger partial charge in [0.25, 0.3) is 0 Å². The number of rotatable bonds is 4. The number of halogens is 1. The summed E-state index contributed by atoms with van der Waals surface area (Å²) < 4.78 is 0. The molecule has 0 aromatic rings. The van der Waals surface area contributed by atoms with E-state index >= 15 is 0 Å². The summed E-state index contributed by atoms with van der Waals surface area (Å²) in [6.07, 6.45) is 7.11. The first-order chi connectivity index (χ1) is 4.27. The molecule has 0 aliphatic rings. The van der Waals surface area contributed by atoms with Crippen molar-refractivity contribution in [1.29, 1.82) is 0 Å². The minimum atomic E-state index is 0.922. The van der Waals surface area contributed by atoms with Crippen molar-refractivity contribution in [2.24, 2.45) is 0 Å². The first kappa shape index (κ1) is 9.03. The van der Waals surface area contributed by atoms with Crippen LogP contribution in [-0.4, -0.2) is 0 Å². The number of hydrogen-bond acceptors (Lipinski definition) is 0. The zero-order chi connectivity index (χ0) is 7.11. The molecule has 1 heteroatoms. The van der Waals surface area contributed by atoms with Crippen LogP contribution in [0.5, 0.6) is 0 Å². The van der Waals surface area contributed by atoms with Crippen molar-refractivity contribution in [2.45, 2.75) is 39.5 Å². The molecule has 54 valence electrons. The molecule has 0 aliphatic carbocycles. The van der Waals surface area contributed by atoms with Crippen molar-refractivity contribution in [3.63, 3.8) is 0 Å². The van der Waals surface area contributed by atoms with E-state index in [1.165, 1.54) is 19.3 Å². The van der Waals surface area contributed by atoms with E-state index < -0.39 is 0 Å². The summed E-state index contributed by atoms with van der Waals surface area (Å²) in [5.74, 6) is 0. The molecule has 0 saturated heterocycles. The number of hydrogen-bond donors (Lipinski definition) is 0. The molecule has 0 atom stereocenters. The van der Waals surface area contributed by atoms with Gasteiger partial charge in [-0.3, -0.25) is 0 Å². The van der Waals surface area contributed by atoms with Gasteiger partial charge in [-0.15, -0.1) is 0 Å². The topological polar surface area (TPSA) is 0 Å². The Morgan fingerprint density at radius 3 is 2.56 bits per heavy atom. The molecule has 0 amide bonds. The maximum Gasteiger partial charge on any atom is 0.0110 e. The van der Waals surface area contributed by atoms with Crippen LogP contribution in [0.4, 0.5) is 0 Å². The molecule has 0 saturated carbocycles. The Morgan fingerprint density at radius 2 is 2.11 bits per heavy atom. The lowest BCUT2D eigenvalue weighted by atomic mass is 10.2. The third-order valence-corrected chi connectivity index (χ3v) is 1.39. The Hall–Kier alpha value is 0.0300. The van der Waals surface area contributed by atoms with E-state index in [4.69, 9.17) is 11.6 Å². The van der Waals surface area contributed by atoms with E-state index in [-0.39, 0.29) is 0 Å². The Kier molecular flexibility index (Phi) is 6.18. The molecule has 0 bridgehead atoms. The second-order valence-electron chi connectivity index (χ2n) is 2.29. The predicted molar refractivity (Wildman–Crippen MR) is 43.8 cm³/mol. The van der Waals surface area contributed by atoms with Crippen LogP contribution < -0.4 is 0 Å². The van der Waals surface area contributed by atoms with E-state index in [0.29, 0.717) is 0 Å². The minimum absolute atomic E-state index is 0.922. The zero-order valence-corrected chi connectivity index (χ0v) is 7.04. The zero-order valence-electron chi connectivity index (χ0n) is 6.28. The maximum atomic E-state index is 5.62. The first-order valence-corrected chi connectivity index (χ1v) is 3.97. The Balaban J connectivity index is 3.00. The van der Waals surface area contributed by atoms with Gasteiger partial charge >= 0.3 is 0 Å². The molecule has 0 rings (SSSR count). The summed E-state index contributed by atoms with van der Waals surface area (Å²) in [6.45, 7) is 4.13. The molecule has 0 spiro atoms. The molecule has 0 N–H and O–H groups in total. The van der Waals surface area contributed by atoms with Crippen LogP contribution >= 0.6 is 11.6 Å². The van der Waals surface area contributed by atoms with Gasteiger partial charge in [0.15, 0.2) is 0 Å². The van der Waals surface area contributed by atoms with Gasteiger partial charge in [-0.05, 0) is 19.8 Å². The van der Waals surface area contributed by atoms with Gasteiger partial charge in [-0.1, -0.05) is 37.4 Å². The summed E-state index contributed by atoms with van der Waals surface area (Å²) in [6, 6.07) is 0. The molecule has 0 aliphatic heterocycles. The van der Waals surface area contributed by atoms with Crippen LogP contribution in [0.3, 0.4) is 0 Å². The first-order valence-electron chi connectivity index (χ1n) is 3.59. The van der Waals surface area contributed by atoms with Gasteiger partial charge in [0.1, 0.15) is 0 Å². The van der Waals surface area contributed by atoms with Gasteiger partial charge in [-0.2, -0.15) is 0 Å². The van der Waals surface area contributed by atoms with E-state index in [1.807, 2.05) is 6.92 Å². The summed E-state index contributed by atoms with van der Waals surface area (Å²) >= 11 is 5.62. The summed E-state index contributed by atoms with van der Waals surface area (Å²) in [5.41, 5.74) is 0. The van der Waals surface area contributed by atoms with Gasteiger partial charge in [0.05, 0.1) is 0 Å². The molecule has 0 fully saturated rings. The van der Waals surface area contributed by atoms with Crippen LogP contribution in [-0.2, 0) is 0 Å². The van der Waals surface area contributed by atoms with E-state index in [1.54, 1.807) is 0 Å². The Labute approximate surface area is 62.9 Å². The number of unbranched alkanes of at least 4 members (excludes halogenated alkanes) is 3. The molecule has 0 aromatic heterocycles. The smallest absolute Gasteiger partial charge is 0.0110 e. The maximum absolute atomic E-state index is 5.62. The third kappa shape index (κ3) is 8.03.